The fraction of sp³-hybridized carbons (Fsp3) is 0.667. The van der Waals surface area contributed by atoms with E-state index in [1.54, 1.807) is 11.3 Å². The van der Waals surface area contributed by atoms with Crippen LogP contribution in [-0.4, -0.2) is 23.5 Å². The number of nitrogens with zero attached hydrogens (tertiary/aromatic N) is 2. The quantitative estimate of drug-likeness (QED) is 0.625. The molecule has 0 aliphatic carbocycles. The van der Waals surface area contributed by atoms with E-state index in [-0.39, 0.29) is 0 Å². The summed E-state index contributed by atoms with van der Waals surface area (Å²) in [7, 11) is 0. The van der Waals surface area contributed by atoms with E-state index in [2.05, 4.69) is 48.3 Å². The van der Waals surface area contributed by atoms with Crippen molar-refractivity contribution in [3.63, 3.8) is 0 Å². The van der Waals surface area contributed by atoms with Crippen LogP contribution in [0.4, 0.5) is 0 Å². The van der Waals surface area contributed by atoms with Gasteiger partial charge in [0, 0.05) is 23.7 Å². The first kappa shape index (κ1) is 14.0. The summed E-state index contributed by atoms with van der Waals surface area (Å²) in [6, 6.07) is 0.385. The lowest BCUT2D eigenvalue weighted by Crippen LogP contribution is -2.40. The van der Waals surface area contributed by atoms with Gasteiger partial charge in [-0.3, -0.25) is 0 Å². The zero-order valence-electron chi connectivity index (χ0n) is 11.1. The van der Waals surface area contributed by atoms with E-state index in [1.165, 1.54) is 4.88 Å². The van der Waals surface area contributed by atoms with Crippen molar-refractivity contribution in [1.29, 1.82) is 0 Å². The number of rotatable bonds is 5. The van der Waals surface area contributed by atoms with Gasteiger partial charge in [0.15, 0.2) is 5.96 Å². The Kier molecular flexibility index (Phi) is 5.97. The van der Waals surface area contributed by atoms with E-state index in [9.17, 15) is 0 Å². The van der Waals surface area contributed by atoms with E-state index in [4.69, 9.17) is 0 Å². The molecule has 0 bridgehead atoms. The van der Waals surface area contributed by atoms with Gasteiger partial charge in [-0.25, -0.2) is 9.98 Å². The van der Waals surface area contributed by atoms with Crippen LogP contribution in [0.3, 0.4) is 0 Å². The zero-order valence-corrected chi connectivity index (χ0v) is 11.9. The van der Waals surface area contributed by atoms with Crippen LogP contribution in [0, 0.1) is 0 Å². The molecular formula is C12H22N4S. The van der Waals surface area contributed by atoms with Gasteiger partial charge in [0.1, 0.15) is 5.01 Å². The van der Waals surface area contributed by atoms with Crippen molar-refractivity contribution in [3.8, 4) is 0 Å². The van der Waals surface area contributed by atoms with Crippen molar-refractivity contribution in [2.75, 3.05) is 6.54 Å². The highest BCUT2D eigenvalue weighted by molar-refractivity contribution is 7.11. The number of thiazole rings is 1. The first-order valence-electron chi connectivity index (χ1n) is 6.14. The summed E-state index contributed by atoms with van der Waals surface area (Å²) in [6.45, 7) is 9.93. The molecule has 2 N–H and O–H groups in total. The minimum atomic E-state index is 0.385. The van der Waals surface area contributed by atoms with Gasteiger partial charge < -0.3 is 10.6 Å². The largest absolute Gasteiger partial charge is 0.357 e. The molecule has 0 unspecified atom stereocenters. The zero-order chi connectivity index (χ0) is 12.7. The van der Waals surface area contributed by atoms with E-state index in [0.717, 1.165) is 23.9 Å². The van der Waals surface area contributed by atoms with Crippen molar-refractivity contribution in [2.24, 2.45) is 4.99 Å². The maximum atomic E-state index is 4.51. The van der Waals surface area contributed by atoms with Crippen LogP contribution in [0.2, 0.25) is 0 Å². The maximum Gasteiger partial charge on any atom is 0.191 e. The number of hydrogen-bond acceptors (Lipinski definition) is 3. The van der Waals surface area contributed by atoms with E-state index in [0.29, 0.717) is 12.6 Å². The molecule has 0 atom stereocenters. The molecule has 1 heterocycles. The second-order valence-electron chi connectivity index (χ2n) is 4.07. The molecule has 1 aromatic heterocycles. The predicted octanol–water partition coefficient (Wildman–Crippen LogP) is 2.17. The summed E-state index contributed by atoms with van der Waals surface area (Å²) in [6.07, 6.45) is 2.99. The molecule has 0 fully saturated rings. The van der Waals surface area contributed by atoms with E-state index >= 15 is 0 Å². The van der Waals surface area contributed by atoms with E-state index in [1.807, 2.05) is 6.20 Å². The average Bonchev–Trinajstić information content (AvgIpc) is 2.73. The minimum Gasteiger partial charge on any atom is -0.357 e. The van der Waals surface area contributed by atoms with Gasteiger partial charge in [0.25, 0.3) is 0 Å². The van der Waals surface area contributed by atoms with Gasteiger partial charge in [0.2, 0.25) is 0 Å². The summed E-state index contributed by atoms with van der Waals surface area (Å²) >= 11 is 1.74. The highest BCUT2D eigenvalue weighted by atomic mass is 32.1. The van der Waals surface area contributed by atoms with Crippen molar-refractivity contribution in [2.45, 2.75) is 46.7 Å². The number of guanidine groups is 1. The molecule has 4 nitrogen and oxygen atoms in total. The van der Waals surface area contributed by atoms with Crippen LogP contribution in [0.15, 0.2) is 11.2 Å². The standard InChI is InChI=1S/C12H22N4S/c1-5-10-7-14-11(17-10)8-15-12(13-6-2)16-9(3)4/h7,9H,5-6,8H2,1-4H3,(H2,13,15,16). The van der Waals surface area contributed by atoms with Crippen molar-refractivity contribution in [3.05, 3.63) is 16.1 Å². The maximum absolute atomic E-state index is 4.51. The van der Waals surface area contributed by atoms with Gasteiger partial charge in [-0.05, 0) is 27.2 Å². The fourth-order valence-corrected chi connectivity index (χ4v) is 2.11. The second-order valence-corrected chi connectivity index (χ2v) is 5.27. The Balaban J connectivity index is 2.58. The van der Waals surface area contributed by atoms with Gasteiger partial charge >= 0.3 is 0 Å². The monoisotopic (exact) mass is 254 g/mol. The molecule has 17 heavy (non-hydrogen) atoms. The molecule has 0 aliphatic rings. The van der Waals surface area contributed by atoms with Gasteiger partial charge in [-0.2, -0.15) is 0 Å². The Labute approximate surface area is 108 Å². The Hall–Kier alpha value is -1.10. The number of aliphatic imine (C=N–C) groups is 1. The number of aryl methyl sites for hydroxylation is 1. The molecule has 0 aliphatic heterocycles. The summed E-state index contributed by atoms with van der Waals surface area (Å²) in [5, 5.41) is 7.58. The second kappa shape index (κ2) is 7.27. The molecule has 1 rings (SSSR count). The Morgan fingerprint density at radius 3 is 2.76 bits per heavy atom. The molecule has 5 heteroatoms. The van der Waals surface area contributed by atoms with Gasteiger partial charge in [0.05, 0.1) is 6.54 Å². The number of aromatic nitrogens is 1. The molecule has 96 valence electrons. The normalized spacial score (nSPS) is 11.9. The molecule has 0 spiro atoms. The lowest BCUT2D eigenvalue weighted by Gasteiger charge is -2.13. The first-order valence-corrected chi connectivity index (χ1v) is 6.95. The van der Waals surface area contributed by atoms with Crippen LogP contribution in [0.25, 0.3) is 0 Å². The number of nitrogens with one attached hydrogen (secondary N) is 2. The smallest absolute Gasteiger partial charge is 0.191 e. The molecule has 0 aromatic carbocycles. The third kappa shape index (κ3) is 5.17. The molecule has 0 saturated heterocycles. The van der Waals surface area contributed by atoms with Crippen LogP contribution >= 0.6 is 11.3 Å². The minimum absolute atomic E-state index is 0.385. The highest BCUT2D eigenvalue weighted by Crippen LogP contribution is 2.13. The Morgan fingerprint density at radius 1 is 1.47 bits per heavy atom. The third-order valence-corrected chi connectivity index (χ3v) is 3.22. The van der Waals surface area contributed by atoms with Crippen molar-refractivity contribution >= 4 is 17.3 Å². The topological polar surface area (TPSA) is 49.3 Å². The first-order chi connectivity index (χ1) is 8.15. The van der Waals surface area contributed by atoms with Crippen LogP contribution in [0.5, 0.6) is 0 Å². The average molecular weight is 254 g/mol. The summed E-state index contributed by atoms with van der Waals surface area (Å²) in [5.41, 5.74) is 0. The predicted molar refractivity (Wildman–Crippen MR) is 74.6 cm³/mol. The molecule has 0 amide bonds. The number of hydrogen-bond donors (Lipinski definition) is 2. The highest BCUT2D eigenvalue weighted by Gasteiger charge is 2.02. The summed E-state index contributed by atoms with van der Waals surface area (Å²) < 4.78 is 0. The summed E-state index contributed by atoms with van der Waals surface area (Å²) in [4.78, 5) is 10.2. The lowest BCUT2D eigenvalue weighted by atomic mass is 10.4. The molecular weight excluding hydrogens is 232 g/mol. The van der Waals surface area contributed by atoms with Crippen LogP contribution in [0.1, 0.15) is 37.6 Å². The fourth-order valence-electron chi connectivity index (χ4n) is 1.32. The third-order valence-electron chi connectivity index (χ3n) is 2.09. The van der Waals surface area contributed by atoms with Crippen molar-refractivity contribution in [1.82, 2.24) is 15.6 Å². The van der Waals surface area contributed by atoms with Gasteiger partial charge in [-0.1, -0.05) is 6.92 Å². The molecule has 0 radical (unpaired) electrons. The molecule has 0 saturated carbocycles. The molecule has 1 aromatic rings. The Morgan fingerprint density at radius 2 is 2.24 bits per heavy atom. The van der Waals surface area contributed by atoms with E-state index < -0.39 is 0 Å². The van der Waals surface area contributed by atoms with Crippen LogP contribution < -0.4 is 10.6 Å². The SMILES string of the molecule is CCNC(=NCc1ncc(CC)s1)NC(C)C. The van der Waals surface area contributed by atoms with Crippen LogP contribution in [-0.2, 0) is 13.0 Å². The Bertz CT molecular complexity index is 357. The van der Waals surface area contributed by atoms with Crippen molar-refractivity contribution < 1.29 is 0 Å². The van der Waals surface area contributed by atoms with Gasteiger partial charge in [-0.15, -0.1) is 11.3 Å². The lowest BCUT2D eigenvalue weighted by molar-refractivity contribution is 0.700. The summed E-state index contributed by atoms with van der Waals surface area (Å²) in [5.74, 6) is 0.857.